The second-order valence-electron chi connectivity index (χ2n) is 6.43. The van der Waals surface area contributed by atoms with Gasteiger partial charge in [-0.25, -0.2) is 14.8 Å². The maximum Gasteiger partial charge on any atom is 0.337 e. The lowest BCUT2D eigenvalue weighted by atomic mass is 10.0. The van der Waals surface area contributed by atoms with Crippen LogP contribution in [0.15, 0.2) is 24.5 Å². The molecule has 2 aromatic rings. The summed E-state index contributed by atoms with van der Waals surface area (Å²) in [5, 5.41) is 10.4. The van der Waals surface area contributed by atoms with Gasteiger partial charge in [-0.1, -0.05) is 19.9 Å². The van der Waals surface area contributed by atoms with Crippen LogP contribution in [0.2, 0.25) is 0 Å². The van der Waals surface area contributed by atoms with E-state index in [1.807, 2.05) is 11.0 Å². The number of hydrogen-bond acceptors (Lipinski definition) is 5. The first kappa shape index (κ1) is 15.7. The van der Waals surface area contributed by atoms with Crippen molar-refractivity contribution in [2.75, 3.05) is 24.6 Å². The Labute approximate surface area is 135 Å². The van der Waals surface area contributed by atoms with Gasteiger partial charge >= 0.3 is 5.97 Å². The Bertz CT molecular complexity index is 747. The SMILES string of the molecule is CC(C)c1ccc2ncnc(N3CCOC(C)(C(=O)O)C3)c2c1. The van der Waals surface area contributed by atoms with Crippen molar-refractivity contribution in [1.29, 1.82) is 0 Å². The molecule has 23 heavy (non-hydrogen) atoms. The summed E-state index contributed by atoms with van der Waals surface area (Å²) in [5.74, 6) is 0.220. The van der Waals surface area contributed by atoms with E-state index >= 15 is 0 Å². The van der Waals surface area contributed by atoms with Crippen LogP contribution in [0.3, 0.4) is 0 Å². The average Bonchev–Trinajstić information content (AvgIpc) is 2.53. The van der Waals surface area contributed by atoms with E-state index in [-0.39, 0.29) is 6.54 Å². The molecule has 1 N–H and O–H groups in total. The highest BCUT2D eigenvalue weighted by Crippen LogP contribution is 2.29. The Morgan fingerprint density at radius 2 is 2.17 bits per heavy atom. The van der Waals surface area contributed by atoms with Gasteiger partial charge in [-0.2, -0.15) is 0 Å². The topological polar surface area (TPSA) is 75.5 Å². The molecule has 1 unspecified atom stereocenters. The number of aromatic nitrogens is 2. The van der Waals surface area contributed by atoms with Gasteiger partial charge in [-0.3, -0.25) is 0 Å². The molecule has 6 nitrogen and oxygen atoms in total. The quantitative estimate of drug-likeness (QED) is 0.937. The third-order valence-electron chi connectivity index (χ3n) is 4.33. The van der Waals surface area contributed by atoms with E-state index in [9.17, 15) is 9.90 Å². The Morgan fingerprint density at radius 1 is 1.39 bits per heavy atom. The van der Waals surface area contributed by atoms with Gasteiger partial charge in [0.05, 0.1) is 18.7 Å². The smallest absolute Gasteiger partial charge is 0.337 e. The lowest BCUT2D eigenvalue weighted by Gasteiger charge is -2.38. The molecule has 1 atom stereocenters. The largest absolute Gasteiger partial charge is 0.479 e. The molecule has 1 aromatic carbocycles. The van der Waals surface area contributed by atoms with Crippen LogP contribution in [-0.4, -0.2) is 46.3 Å². The van der Waals surface area contributed by atoms with Gasteiger partial charge in [0.15, 0.2) is 5.60 Å². The lowest BCUT2D eigenvalue weighted by molar-refractivity contribution is -0.164. The molecule has 1 aliphatic heterocycles. The number of aliphatic carboxylic acids is 1. The molecule has 2 heterocycles. The Hall–Kier alpha value is -2.21. The number of carboxylic acids is 1. The summed E-state index contributed by atoms with van der Waals surface area (Å²) in [4.78, 5) is 22.2. The van der Waals surface area contributed by atoms with E-state index in [2.05, 4.69) is 35.9 Å². The second kappa shape index (κ2) is 5.77. The fraction of sp³-hybridized carbons (Fsp3) is 0.471. The number of ether oxygens (including phenoxy) is 1. The third-order valence-corrected chi connectivity index (χ3v) is 4.33. The summed E-state index contributed by atoms with van der Waals surface area (Å²) < 4.78 is 5.47. The van der Waals surface area contributed by atoms with Crippen LogP contribution in [0.25, 0.3) is 10.9 Å². The third kappa shape index (κ3) is 2.86. The van der Waals surface area contributed by atoms with E-state index in [4.69, 9.17) is 4.74 Å². The molecule has 122 valence electrons. The van der Waals surface area contributed by atoms with Crippen LogP contribution < -0.4 is 4.90 Å². The highest BCUT2D eigenvalue weighted by Gasteiger charge is 2.40. The summed E-state index contributed by atoms with van der Waals surface area (Å²) in [7, 11) is 0. The van der Waals surface area contributed by atoms with E-state index in [0.717, 1.165) is 16.7 Å². The first-order valence-electron chi connectivity index (χ1n) is 7.78. The molecule has 0 spiro atoms. The number of nitrogens with zero attached hydrogens (tertiary/aromatic N) is 3. The number of carboxylic acid groups (broad SMARTS) is 1. The van der Waals surface area contributed by atoms with Crippen molar-refractivity contribution in [1.82, 2.24) is 9.97 Å². The molecular weight excluding hydrogens is 294 g/mol. The Balaban J connectivity index is 2.05. The minimum atomic E-state index is -1.22. The summed E-state index contributed by atoms with van der Waals surface area (Å²) >= 11 is 0. The normalized spacial score (nSPS) is 21.8. The molecule has 1 saturated heterocycles. The number of carbonyl (C=O) groups is 1. The number of benzene rings is 1. The van der Waals surface area contributed by atoms with E-state index < -0.39 is 11.6 Å². The van der Waals surface area contributed by atoms with Crippen LogP contribution in [-0.2, 0) is 9.53 Å². The van der Waals surface area contributed by atoms with Gasteiger partial charge in [-0.05, 0) is 30.5 Å². The summed E-state index contributed by atoms with van der Waals surface area (Å²) in [6.07, 6.45) is 1.53. The molecule has 0 bridgehead atoms. The second-order valence-corrected chi connectivity index (χ2v) is 6.43. The van der Waals surface area contributed by atoms with Crippen molar-refractivity contribution in [3.8, 4) is 0 Å². The van der Waals surface area contributed by atoms with Crippen molar-refractivity contribution < 1.29 is 14.6 Å². The molecular formula is C17H21N3O3. The van der Waals surface area contributed by atoms with Crippen LogP contribution in [0, 0.1) is 0 Å². The van der Waals surface area contributed by atoms with Crippen LogP contribution in [0.1, 0.15) is 32.3 Å². The van der Waals surface area contributed by atoms with Gasteiger partial charge < -0.3 is 14.7 Å². The predicted molar refractivity (Wildman–Crippen MR) is 87.8 cm³/mol. The van der Waals surface area contributed by atoms with Crippen LogP contribution in [0.5, 0.6) is 0 Å². The first-order chi connectivity index (χ1) is 10.9. The maximum atomic E-state index is 11.5. The van der Waals surface area contributed by atoms with Gasteiger partial charge in [-0.15, -0.1) is 0 Å². The van der Waals surface area contributed by atoms with Crippen molar-refractivity contribution in [3.63, 3.8) is 0 Å². The monoisotopic (exact) mass is 315 g/mol. The van der Waals surface area contributed by atoms with Crippen LogP contribution in [0.4, 0.5) is 5.82 Å². The molecule has 0 amide bonds. The summed E-state index contributed by atoms with van der Waals surface area (Å²) in [6, 6.07) is 6.17. The van der Waals surface area contributed by atoms with Gasteiger partial charge in [0.1, 0.15) is 12.1 Å². The molecule has 6 heteroatoms. The molecule has 1 fully saturated rings. The number of anilines is 1. The van der Waals surface area contributed by atoms with Gasteiger partial charge in [0.2, 0.25) is 0 Å². The molecule has 1 aromatic heterocycles. The highest BCUT2D eigenvalue weighted by atomic mass is 16.5. The zero-order valence-electron chi connectivity index (χ0n) is 13.6. The Morgan fingerprint density at radius 3 is 2.87 bits per heavy atom. The molecule has 0 saturated carbocycles. The van der Waals surface area contributed by atoms with Gasteiger partial charge in [0.25, 0.3) is 0 Å². The minimum absolute atomic E-state index is 0.264. The summed E-state index contributed by atoms with van der Waals surface area (Å²) in [5.41, 5.74) is 0.858. The van der Waals surface area contributed by atoms with Gasteiger partial charge in [0, 0.05) is 11.9 Å². The average molecular weight is 315 g/mol. The number of fused-ring (bicyclic) bond motifs is 1. The fourth-order valence-electron chi connectivity index (χ4n) is 2.85. The molecule has 0 radical (unpaired) electrons. The zero-order valence-corrected chi connectivity index (χ0v) is 13.6. The molecule has 3 rings (SSSR count). The van der Waals surface area contributed by atoms with E-state index in [0.29, 0.717) is 19.1 Å². The highest BCUT2D eigenvalue weighted by molar-refractivity contribution is 5.90. The molecule has 0 aliphatic carbocycles. The standard InChI is InChI=1S/C17H21N3O3/c1-11(2)12-4-5-14-13(8-12)15(19-10-18-14)20-6-7-23-17(3,9-20)16(21)22/h4-5,8,10-11H,6-7,9H2,1-3H3,(H,21,22). The lowest BCUT2D eigenvalue weighted by Crippen LogP contribution is -2.55. The van der Waals surface area contributed by atoms with Crippen molar-refractivity contribution in [2.45, 2.75) is 32.3 Å². The number of morpholine rings is 1. The Kier molecular flexibility index (Phi) is 3.93. The first-order valence-corrected chi connectivity index (χ1v) is 7.78. The van der Waals surface area contributed by atoms with E-state index in [1.165, 1.54) is 11.9 Å². The van der Waals surface area contributed by atoms with Crippen LogP contribution >= 0.6 is 0 Å². The minimum Gasteiger partial charge on any atom is -0.479 e. The predicted octanol–water partition coefficient (Wildman–Crippen LogP) is 2.43. The van der Waals surface area contributed by atoms with E-state index in [1.54, 1.807) is 6.92 Å². The summed E-state index contributed by atoms with van der Waals surface area (Å²) in [6.45, 7) is 7.12. The van der Waals surface area contributed by atoms with Crippen molar-refractivity contribution >= 4 is 22.7 Å². The van der Waals surface area contributed by atoms with Crippen molar-refractivity contribution in [2.24, 2.45) is 0 Å². The number of rotatable bonds is 3. The zero-order chi connectivity index (χ0) is 16.6. The van der Waals surface area contributed by atoms with Crippen molar-refractivity contribution in [3.05, 3.63) is 30.1 Å². The molecule has 1 aliphatic rings. The fourth-order valence-corrected chi connectivity index (χ4v) is 2.85. The maximum absolute atomic E-state index is 11.5. The number of hydrogen-bond donors (Lipinski definition) is 1.